The topological polar surface area (TPSA) is 87.7 Å². The summed E-state index contributed by atoms with van der Waals surface area (Å²) in [6.07, 6.45) is 0.926. The number of carboxylic acids is 1. The number of nitrogens with one attached hydrogen (secondary N) is 2. The van der Waals surface area contributed by atoms with Crippen LogP contribution in [0.25, 0.3) is 0 Å². The molecular weight excluding hydrogens is 376 g/mol. The molecule has 0 aliphatic heterocycles. The van der Waals surface area contributed by atoms with E-state index in [9.17, 15) is 9.59 Å². The minimum Gasteiger partial charge on any atom is -0.484 e. The maximum atomic E-state index is 11.9. The molecule has 2 aromatic rings. The number of hydrogen-bond acceptors (Lipinski definition) is 4. The number of amides is 1. The van der Waals surface area contributed by atoms with E-state index in [1.165, 1.54) is 17.7 Å². The molecule has 0 aromatic heterocycles. The summed E-state index contributed by atoms with van der Waals surface area (Å²) in [7, 11) is 0. The summed E-state index contributed by atoms with van der Waals surface area (Å²) in [6.45, 7) is 1.85. The van der Waals surface area contributed by atoms with Gasteiger partial charge >= 0.3 is 5.97 Å². The van der Waals surface area contributed by atoms with Gasteiger partial charge in [-0.05, 0) is 54.5 Å². The molecule has 0 fully saturated rings. The van der Waals surface area contributed by atoms with Gasteiger partial charge < -0.3 is 15.2 Å². The van der Waals surface area contributed by atoms with Crippen LogP contribution in [-0.2, 0) is 11.2 Å². The Morgan fingerprint density at radius 2 is 1.88 bits per heavy atom. The third kappa shape index (κ3) is 5.72. The number of carbonyl (C=O) groups excluding carboxylic acids is 1. The quantitative estimate of drug-likeness (QED) is 0.652. The van der Waals surface area contributed by atoms with Crippen LogP contribution in [-0.4, -0.2) is 28.7 Å². The van der Waals surface area contributed by atoms with Crippen molar-refractivity contribution in [2.75, 3.05) is 11.9 Å². The zero-order chi connectivity index (χ0) is 19.1. The Balaban J connectivity index is 1.86. The molecule has 0 aliphatic rings. The highest BCUT2D eigenvalue weighted by atomic mass is 35.5. The van der Waals surface area contributed by atoms with Crippen LogP contribution in [0.4, 0.5) is 5.69 Å². The van der Waals surface area contributed by atoms with Gasteiger partial charge in [0.25, 0.3) is 5.91 Å². The molecule has 8 heteroatoms. The van der Waals surface area contributed by atoms with Crippen molar-refractivity contribution in [1.29, 1.82) is 0 Å². The molecule has 0 aliphatic carbocycles. The van der Waals surface area contributed by atoms with Crippen molar-refractivity contribution in [1.82, 2.24) is 5.32 Å². The van der Waals surface area contributed by atoms with Crippen LogP contribution in [0, 0.1) is 0 Å². The first-order valence-corrected chi connectivity index (χ1v) is 8.53. The van der Waals surface area contributed by atoms with Gasteiger partial charge in [-0.1, -0.05) is 30.7 Å². The lowest BCUT2D eigenvalue weighted by molar-refractivity contribution is -0.121. The maximum Gasteiger partial charge on any atom is 0.337 e. The number of halogens is 1. The molecule has 0 spiro atoms. The number of anilines is 1. The van der Waals surface area contributed by atoms with Crippen LogP contribution in [0.15, 0.2) is 42.5 Å². The predicted molar refractivity (Wildman–Crippen MR) is 104 cm³/mol. The molecule has 0 bridgehead atoms. The summed E-state index contributed by atoms with van der Waals surface area (Å²) in [4.78, 5) is 23.0. The Bertz CT molecular complexity index is 824. The Kier molecular flexibility index (Phi) is 6.94. The van der Waals surface area contributed by atoms with Gasteiger partial charge in [-0.15, -0.1) is 0 Å². The van der Waals surface area contributed by atoms with Crippen LogP contribution in [0.5, 0.6) is 5.75 Å². The number of aryl methyl sites for hydroxylation is 1. The van der Waals surface area contributed by atoms with Gasteiger partial charge in [0.15, 0.2) is 11.7 Å². The summed E-state index contributed by atoms with van der Waals surface area (Å²) >= 11 is 10.8. The lowest BCUT2D eigenvalue weighted by Crippen LogP contribution is -2.37. The molecule has 2 rings (SSSR count). The van der Waals surface area contributed by atoms with E-state index in [1.54, 1.807) is 18.2 Å². The van der Waals surface area contributed by atoms with Crippen LogP contribution in [0.2, 0.25) is 5.02 Å². The number of carbonyl (C=O) groups is 2. The number of thiocarbonyl (C=S) groups is 1. The van der Waals surface area contributed by atoms with Gasteiger partial charge in [0.05, 0.1) is 10.6 Å². The van der Waals surface area contributed by atoms with Gasteiger partial charge in [-0.3, -0.25) is 10.1 Å². The number of rotatable bonds is 6. The van der Waals surface area contributed by atoms with Crippen molar-refractivity contribution in [3.8, 4) is 5.75 Å². The predicted octanol–water partition coefficient (Wildman–Crippen LogP) is 3.49. The molecular formula is C18H17ClN2O4S. The average molecular weight is 393 g/mol. The Labute approximate surface area is 161 Å². The largest absolute Gasteiger partial charge is 0.484 e. The van der Waals surface area contributed by atoms with Crippen LogP contribution >= 0.6 is 23.8 Å². The minimum absolute atomic E-state index is 0.0265. The molecule has 0 saturated heterocycles. The highest BCUT2D eigenvalue weighted by Gasteiger charge is 2.11. The van der Waals surface area contributed by atoms with E-state index in [2.05, 4.69) is 17.6 Å². The monoisotopic (exact) mass is 392 g/mol. The molecule has 0 radical (unpaired) electrons. The van der Waals surface area contributed by atoms with Gasteiger partial charge in [-0.25, -0.2) is 4.79 Å². The Morgan fingerprint density at radius 1 is 1.19 bits per heavy atom. The van der Waals surface area contributed by atoms with E-state index in [0.717, 1.165) is 6.42 Å². The van der Waals surface area contributed by atoms with E-state index >= 15 is 0 Å². The standard InChI is InChI=1S/C18H17ClN2O4S/c1-2-11-3-6-13(7-4-11)25-10-16(22)21-18(26)20-12-5-8-15(19)14(9-12)17(23)24/h3-9H,2,10H2,1H3,(H,23,24)(H2,20,21,22,26). The summed E-state index contributed by atoms with van der Waals surface area (Å²) in [6, 6.07) is 11.8. The molecule has 0 unspecified atom stereocenters. The second-order valence-electron chi connectivity index (χ2n) is 5.29. The van der Waals surface area contributed by atoms with E-state index in [4.69, 9.17) is 33.7 Å². The summed E-state index contributed by atoms with van der Waals surface area (Å²) < 4.78 is 5.39. The highest BCUT2D eigenvalue weighted by molar-refractivity contribution is 7.80. The summed E-state index contributed by atoms with van der Waals surface area (Å²) in [5.74, 6) is -1.01. The van der Waals surface area contributed by atoms with Gasteiger partial charge in [-0.2, -0.15) is 0 Å². The van der Waals surface area contributed by atoms with Gasteiger partial charge in [0.2, 0.25) is 0 Å². The molecule has 1 amide bonds. The van der Waals surface area contributed by atoms with Crippen LogP contribution in [0.3, 0.4) is 0 Å². The van der Waals surface area contributed by atoms with Crippen molar-refractivity contribution >= 4 is 46.5 Å². The fourth-order valence-corrected chi connectivity index (χ4v) is 2.49. The van der Waals surface area contributed by atoms with Crippen molar-refractivity contribution in [2.45, 2.75) is 13.3 Å². The van der Waals surface area contributed by atoms with E-state index < -0.39 is 11.9 Å². The van der Waals surface area contributed by atoms with Crippen molar-refractivity contribution in [2.24, 2.45) is 0 Å². The summed E-state index contributed by atoms with van der Waals surface area (Å²) in [5, 5.41) is 14.4. The lowest BCUT2D eigenvalue weighted by atomic mass is 10.2. The first-order chi connectivity index (χ1) is 12.4. The molecule has 6 nitrogen and oxygen atoms in total. The number of ether oxygens (including phenoxy) is 1. The average Bonchev–Trinajstić information content (AvgIpc) is 2.61. The van der Waals surface area contributed by atoms with Crippen molar-refractivity contribution < 1.29 is 19.4 Å². The molecule has 136 valence electrons. The fourth-order valence-electron chi connectivity index (χ4n) is 2.06. The normalized spacial score (nSPS) is 10.1. The van der Waals surface area contributed by atoms with Crippen LogP contribution < -0.4 is 15.4 Å². The zero-order valence-electron chi connectivity index (χ0n) is 13.9. The van der Waals surface area contributed by atoms with Crippen molar-refractivity contribution in [3.63, 3.8) is 0 Å². The zero-order valence-corrected chi connectivity index (χ0v) is 15.5. The van der Waals surface area contributed by atoms with Gasteiger partial charge in [0, 0.05) is 5.69 Å². The molecule has 0 heterocycles. The first kappa shape index (κ1) is 19.7. The first-order valence-electron chi connectivity index (χ1n) is 7.74. The molecule has 2 aromatic carbocycles. The molecule has 0 atom stereocenters. The third-order valence-corrected chi connectivity index (χ3v) is 3.94. The van der Waals surface area contributed by atoms with E-state index in [1.807, 2.05) is 12.1 Å². The smallest absolute Gasteiger partial charge is 0.337 e. The molecule has 0 saturated carbocycles. The Hall–Kier alpha value is -2.64. The Morgan fingerprint density at radius 3 is 2.50 bits per heavy atom. The molecule has 3 N–H and O–H groups in total. The second kappa shape index (κ2) is 9.17. The van der Waals surface area contributed by atoms with Crippen molar-refractivity contribution in [3.05, 3.63) is 58.6 Å². The van der Waals surface area contributed by atoms with E-state index in [0.29, 0.717) is 11.4 Å². The number of aromatic carboxylic acids is 1. The fraction of sp³-hybridized carbons (Fsp3) is 0.167. The van der Waals surface area contributed by atoms with Gasteiger partial charge in [0.1, 0.15) is 5.75 Å². The van der Waals surface area contributed by atoms with E-state index in [-0.39, 0.29) is 22.3 Å². The maximum absolute atomic E-state index is 11.9. The number of benzene rings is 2. The number of carboxylic acid groups (broad SMARTS) is 1. The third-order valence-electron chi connectivity index (χ3n) is 3.41. The SMILES string of the molecule is CCc1ccc(OCC(=O)NC(=S)Nc2ccc(Cl)c(C(=O)O)c2)cc1. The molecule has 26 heavy (non-hydrogen) atoms. The second-order valence-corrected chi connectivity index (χ2v) is 6.10. The lowest BCUT2D eigenvalue weighted by Gasteiger charge is -2.11. The van der Waals surface area contributed by atoms with Crippen LogP contribution in [0.1, 0.15) is 22.8 Å². The summed E-state index contributed by atoms with van der Waals surface area (Å²) in [5.41, 5.74) is 1.51. The minimum atomic E-state index is -1.16. The number of hydrogen-bond donors (Lipinski definition) is 3. The highest BCUT2D eigenvalue weighted by Crippen LogP contribution is 2.20.